The Bertz CT molecular complexity index is 500. The minimum Gasteiger partial charge on any atom is -0.388 e. The zero-order valence-corrected chi connectivity index (χ0v) is 12.9. The van der Waals surface area contributed by atoms with Crippen molar-refractivity contribution in [1.29, 1.82) is 0 Å². The Hall–Kier alpha value is -0.240. The molecule has 4 fully saturated rings. The number of aliphatic hydroxyl groups is 1. The van der Waals surface area contributed by atoms with Crippen LogP contribution >= 0.6 is 23.2 Å². The fourth-order valence-electron chi connectivity index (χ4n) is 5.44. The van der Waals surface area contributed by atoms with Crippen LogP contribution in [0.4, 0.5) is 0 Å². The molecule has 1 aromatic carbocycles. The van der Waals surface area contributed by atoms with Crippen LogP contribution in [0.5, 0.6) is 0 Å². The topological polar surface area (TPSA) is 20.2 Å². The molecule has 4 aliphatic carbocycles. The van der Waals surface area contributed by atoms with Crippen molar-refractivity contribution in [1.82, 2.24) is 0 Å². The molecule has 1 atom stereocenters. The van der Waals surface area contributed by atoms with E-state index < -0.39 is 6.10 Å². The molecule has 0 heterocycles. The number of halogens is 2. The molecule has 1 nitrogen and oxygen atoms in total. The van der Waals surface area contributed by atoms with E-state index in [1.165, 1.54) is 32.1 Å². The van der Waals surface area contributed by atoms with Gasteiger partial charge in [-0.2, -0.15) is 0 Å². The second kappa shape index (κ2) is 4.90. The zero-order chi connectivity index (χ0) is 13.9. The first kappa shape index (κ1) is 13.4. The van der Waals surface area contributed by atoms with Gasteiger partial charge in [0.1, 0.15) is 0 Å². The zero-order valence-electron chi connectivity index (χ0n) is 11.4. The average molecular weight is 311 g/mol. The number of hydrogen-bond donors (Lipinski definition) is 1. The van der Waals surface area contributed by atoms with Gasteiger partial charge in [-0.3, -0.25) is 0 Å². The third-order valence-electron chi connectivity index (χ3n) is 5.96. The van der Waals surface area contributed by atoms with E-state index in [1.807, 2.05) is 12.1 Å². The number of rotatable bonds is 2. The maximum Gasteiger partial charge on any atom is 0.0838 e. The van der Waals surface area contributed by atoms with Crippen molar-refractivity contribution < 1.29 is 5.11 Å². The molecule has 3 heteroatoms. The molecule has 1 unspecified atom stereocenters. The maximum atomic E-state index is 10.9. The Morgan fingerprint density at radius 3 is 2.15 bits per heavy atom. The molecule has 4 saturated carbocycles. The summed E-state index contributed by atoms with van der Waals surface area (Å²) in [5.41, 5.74) is 0.830. The molecule has 0 aromatic heterocycles. The van der Waals surface area contributed by atoms with Crippen molar-refractivity contribution in [3.8, 4) is 0 Å². The number of benzene rings is 1. The van der Waals surface area contributed by atoms with Gasteiger partial charge in [-0.1, -0.05) is 35.3 Å². The second-order valence-corrected chi connectivity index (χ2v) is 7.88. The molecular weight excluding hydrogens is 291 g/mol. The molecule has 0 spiro atoms. The van der Waals surface area contributed by atoms with E-state index in [4.69, 9.17) is 23.2 Å². The summed E-state index contributed by atoms with van der Waals surface area (Å²) in [6, 6.07) is 5.61. The Morgan fingerprint density at radius 2 is 1.55 bits per heavy atom. The first-order valence-corrected chi connectivity index (χ1v) is 8.51. The van der Waals surface area contributed by atoms with Crippen LogP contribution in [-0.2, 0) is 0 Å². The largest absolute Gasteiger partial charge is 0.388 e. The van der Waals surface area contributed by atoms with Crippen LogP contribution in [0.2, 0.25) is 10.0 Å². The highest BCUT2D eigenvalue weighted by Crippen LogP contribution is 2.59. The third-order valence-corrected chi connectivity index (χ3v) is 6.80. The van der Waals surface area contributed by atoms with Crippen LogP contribution in [0.1, 0.15) is 43.8 Å². The van der Waals surface area contributed by atoms with E-state index in [-0.39, 0.29) is 0 Å². The van der Waals surface area contributed by atoms with Crippen molar-refractivity contribution in [2.75, 3.05) is 0 Å². The van der Waals surface area contributed by atoms with Gasteiger partial charge in [-0.25, -0.2) is 0 Å². The first-order valence-electron chi connectivity index (χ1n) is 7.75. The van der Waals surface area contributed by atoms with Crippen molar-refractivity contribution in [2.24, 2.45) is 29.6 Å². The van der Waals surface area contributed by atoms with Gasteiger partial charge >= 0.3 is 0 Å². The predicted molar refractivity (Wildman–Crippen MR) is 82.0 cm³/mol. The molecule has 5 rings (SSSR count). The fraction of sp³-hybridized carbons (Fsp3) is 0.647. The molecule has 0 amide bonds. The minimum atomic E-state index is -0.448. The molecule has 0 aliphatic heterocycles. The summed E-state index contributed by atoms with van der Waals surface area (Å²) in [5.74, 6) is 3.62. The van der Waals surface area contributed by atoms with Crippen LogP contribution in [0, 0.1) is 29.6 Å². The minimum absolute atomic E-state index is 0.388. The lowest BCUT2D eigenvalue weighted by Gasteiger charge is -2.55. The summed E-state index contributed by atoms with van der Waals surface area (Å²) in [4.78, 5) is 0. The molecule has 1 aromatic rings. The molecule has 1 N–H and O–H groups in total. The highest BCUT2D eigenvalue weighted by Gasteiger charge is 2.50. The molecule has 0 radical (unpaired) electrons. The molecule has 20 heavy (non-hydrogen) atoms. The van der Waals surface area contributed by atoms with Gasteiger partial charge in [-0.15, -0.1) is 0 Å². The van der Waals surface area contributed by atoms with Crippen LogP contribution in [0.25, 0.3) is 0 Å². The normalized spacial score (nSPS) is 40.0. The van der Waals surface area contributed by atoms with Gasteiger partial charge in [0.15, 0.2) is 0 Å². The lowest BCUT2D eigenvalue weighted by atomic mass is 9.50. The summed E-state index contributed by atoms with van der Waals surface area (Å²) in [5, 5.41) is 12.0. The van der Waals surface area contributed by atoms with Crippen LogP contribution in [0.15, 0.2) is 18.2 Å². The van der Waals surface area contributed by atoms with Crippen molar-refractivity contribution in [3.63, 3.8) is 0 Å². The summed E-state index contributed by atoms with van der Waals surface area (Å²) < 4.78 is 0. The van der Waals surface area contributed by atoms with E-state index in [1.54, 1.807) is 6.07 Å². The van der Waals surface area contributed by atoms with E-state index >= 15 is 0 Å². The Kier molecular flexibility index (Phi) is 3.29. The maximum absolute atomic E-state index is 10.9. The highest BCUT2D eigenvalue weighted by atomic mass is 35.5. The average Bonchev–Trinajstić information content (AvgIpc) is 2.40. The number of hydrogen-bond acceptors (Lipinski definition) is 1. The van der Waals surface area contributed by atoms with E-state index in [0.29, 0.717) is 27.8 Å². The first-order chi connectivity index (χ1) is 9.63. The monoisotopic (exact) mass is 310 g/mol. The van der Waals surface area contributed by atoms with Crippen LogP contribution in [-0.4, -0.2) is 5.11 Å². The van der Waals surface area contributed by atoms with E-state index in [2.05, 4.69) is 0 Å². The summed E-state index contributed by atoms with van der Waals surface area (Å²) >= 11 is 12.4. The van der Waals surface area contributed by atoms with Gasteiger partial charge in [0.25, 0.3) is 0 Å². The standard InChI is InChI=1S/C17H20Cl2O/c18-14-3-1-2-13(16(14)19)17(20)15-11-5-9-4-10(7-11)8-12(15)6-9/h1-3,9-12,15,17,20H,4-8H2. The predicted octanol–water partition coefficient (Wildman–Crippen LogP) is 5.10. The molecule has 0 saturated heterocycles. The van der Waals surface area contributed by atoms with Crippen molar-refractivity contribution in [3.05, 3.63) is 33.8 Å². The smallest absolute Gasteiger partial charge is 0.0838 e. The second-order valence-electron chi connectivity index (χ2n) is 7.10. The van der Waals surface area contributed by atoms with Crippen LogP contribution < -0.4 is 0 Å². The number of aliphatic hydroxyl groups excluding tert-OH is 1. The Labute approximate surface area is 130 Å². The molecular formula is C17H20Cl2O. The van der Waals surface area contributed by atoms with Gasteiger partial charge < -0.3 is 5.11 Å². The fourth-order valence-corrected chi connectivity index (χ4v) is 5.86. The Balaban J connectivity index is 1.65. The van der Waals surface area contributed by atoms with Gasteiger partial charge in [0, 0.05) is 5.56 Å². The van der Waals surface area contributed by atoms with Crippen LogP contribution in [0.3, 0.4) is 0 Å². The third kappa shape index (κ3) is 2.01. The van der Waals surface area contributed by atoms with Gasteiger partial charge in [-0.05, 0) is 67.8 Å². The lowest BCUT2D eigenvalue weighted by Crippen LogP contribution is -2.47. The summed E-state index contributed by atoms with van der Waals surface area (Å²) in [6.07, 6.45) is 6.24. The van der Waals surface area contributed by atoms with E-state index in [9.17, 15) is 5.11 Å². The quantitative estimate of drug-likeness (QED) is 0.805. The van der Waals surface area contributed by atoms with Gasteiger partial charge in [0.05, 0.1) is 16.1 Å². The van der Waals surface area contributed by atoms with Crippen molar-refractivity contribution >= 4 is 23.2 Å². The molecule has 4 aliphatic rings. The molecule has 108 valence electrons. The summed E-state index contributed by atoms with van der Waals surface area (Å²) in [6.45, 7) is 0. The Morgan fingerprint density at radius 1 is 0.950 bits per heavy atom. The van der Waals surface area contributed by atoms with Gasteiger partial charge in [0.2, 0.25) is 0 Å². The lowest BCUT2D eigenvalue weighted by molar-refractivity contribution is -0.0907. The van der Waals surface area contributed by atoms with Crippen molar-refractivity contribution in [2.45, 2.75) is 38.2 Å². The molecule has 4 bridgehead atoms. The summed E-state index contributed by atoms with van der Waals surface area (Å²) in [7, 11) is 0. The van der Waals surface area contributed by atoms with E-state index in [0.717, 1.165) is 17.4 Å². The SMILES string of the molecule is OC(c1cccc(Cl)c1Cl)C1C2CC3CC(C2)CC1C3. The highest BCUT2D eigenvalue weighted by molar-refractivity contribution is 6.42.